The quantitative estimate of drug-likeness (QED) is 0.235. The van der Waals surface area contributed by atoms with Gasteiger partial charge in [-0.15, -0.1) is 0 Å². The number of halogens is 1. The van der Waals surface area contributed by atoms with Gasteiger partial charge in [0, 0.05) is 72.7 Å². The van der Waals surface area contributed by atoms with Crippen molar-refractivity contribution < 1.29 is 9.59 Å². The van der Waals surface area contributed by atoms with Gasteiger partial charge in [0.1, 0.15) is 5.82 Å². The lowest BCUT2D eigenvalue weighted by atomic mass is 10.0. The average molecular weight is 622 g/mol. The molecule has 2 fully saturated rings. The number of carbonyl (C=O) groups excluding carboxylic acids is 2. The van der Waals surface area contributed by atoms with Crippen LogP contribution in [0.15, 0.2) is 91.1 Å². The highest BCUT2D eigenvalue weighted by Gasteiger charge is 2.24. The molecule has 6 rings (SSSR count). The van der Waals surface area contributed by atoms with E-state index < -0.39 is 0 Å². The Morgan fingerprint density at radius 1 is 0.778 bits per heavy atom. The molecule has 0 bridgehead atoms. The number of rotatable bonds is 8. The molecule has 2 amide bonds. The predicted octanol–water partition coefficient (Wildman–Crippen LogP) is 6.50. The highest BCUT2D eigenvalue weighted by molar-refractivity contribution is 6.33. The maximum atomic E-state index is 13.1. The first-order valence-corrected chi connectivity index (χ1v) is 16.2. The van der Waals surface area contributed by atoms with E-state index in [-0.39, 0.29) is 23.9 Å². The summed E-state index contributed by atoms with van der Waals surface area (Å²) in [4.78, 5) is 35.1. The van der Waals surface area contributed by atoms with E-state index in [4.69, 9.17) is 16.6 Å². The molecule has 0 unspecified atom stereocenters. The van der Waals surface area contributed by atoms with Crippen LogP contribution in [0.2, 0.25) is 5.02 Å². The first-order valence-electron chi connectivity index (χ1n) is 15.9. The lowest BCUT2D eigenvalue weighted by molar-refractivity contribution is 0.0906. The zero-order valence-corrected chi connectivity index (χ0v) is 26.5. The van der Waals surface area contributed by atoms with Crippen molar-refractivity contribution >= 4 is 29.2 Å². The number of hydrogen-bond acceptors (Lipinski definition) is 5. The Balaban J connectivity index is 0.943. The number of nitrogens with zero attached hydrogens (tertiary/aromatic N) is 3. The van der Waals surface area contributed by atoms with E-state index in [1.807, 2.05) is 60.8 Å². The number of hydrogen-bond donors (Lipinski definition) is 2. The summed E-state index contributed by atoms with van der Waals surface area (Å²) in [5.41, 5.74) is 5.58. The summed E-state index contributed by atoms with van der Waals surface area (Å²) in [7, 11) is 0. The maximum Gasteiger partial charge on any atom is 0.251 e. The second-order valence-corrected chi connectivity index (χ2v) is 12.6. The molecule has 2 N–H and O–H groups in total. The van der Waals surface area contributed by atoms with Gasteiger partial charge < -0.3 is 15.5 Å². The van der Waals surface area contributed by atoms with Gasteiger partial charge in [0.05, 0.1) is 0 Å². The number of anilines is 1. The minimum absolute atomic E-state index is 0.00280. The molecule has 1 aromatic heterocycles. The second-order valence-electron chi connectivity index (χ2n) is 12.2. The van der Waals surface area contributed by atoms with Crippen molar-refractivity contribution in [2.45, 2.75) is 51.2 Å². The predicted molar refractivity (Wildman–Crippen MR) is 181 cm³/mol. The molecule has 8 heteroatoms. The van der Waals surface area contributed by atoms with Crippen molar-refractivity contribution in [1.82, 2.24) is 20.5 Å². The van der Waals surface area contributed by atoms with Gasteiger partial charge in [-0.25, -0.2) is 4.98 Å². The molecule has 2 saturated heterocycles. The largest absolute Gasteiger partial charge is 0.356 e. The van der Waals surface area contributed by atoms with Crippen LogP contribution in [-0.4, -0.2) is 60.0 Å². The summed E-state index contributed by atoms with van der Waals surface area (Å²) in [6.45, 7) is 6.48. The van der Waals surface area contributed by atoms with E-state index in [1.165, 1.54) is 11.1 Å². The average Bonchev–Trinajstić information content (AvgIpc) is 3.07. The number of piperidine rings is 2. The van der Waals surface area contributed by atoms with Gasteiger partial charge in [-0.2, -0.15) is 0 Å². The number of aryl methyl sites for hydroxylation is 1. The summed E-state index contributed by atoms with van der Waals surface area (Å²) in [6.07, 6.45) is 5.61. The number of pyridine rings is 1. The third kappa shape index (κ3) is 7.91. The van der Waals surface area contributed by atoms with Gasteiger partial charge in [-0.05, 0) is 80.1 Å². The minimum Gasteiger partial charge on any atom is -0.356 e. The first kappa shape index (κ1) is 30.8. The second kappa shape index (κ2) is 14.3. The van der Waals surface area contributed by atoms with Crippen LogP contribution in [0.25, 0.3) is 11.1 Å². The van der Waals surface area contributed by atoms with Gasteiger partial charge in [0.2, 0.25) is 0 Å². The van der Waals surface area contributed by atoms with Gasteiger partial charge in [0.25, 0.3) is 11.8 Å². The molecule has 2 aliphatic rings. The van der Waals surface area contributed by atoms with Gasteiger partial charge >= 0.3 is 0 Å². The molecule has 0 saturated carbocycles. The molecule has 4 aromatic rings. The van der Waals surface area contributed by atoms with Crippen LogP contribution in [0, 0.1) is 6.92 Å². The van der Waals surface area contributed by atoms with Crippen LogP contribution < -0.4 is 15.5 Å². The minimum atomic E-state index is -0.0547. The molecule has 3 aromatic carbocycles. The number of aromatic nitrogens is 1. The monoisotopic (exact) mass is 621 g/mol. The Morgan fingerprint density at radius 3 is 2.07 bits per heavy atom. The summed E-state index contributed by atoms with van der Waals surface area (Å²) < 4.78 is 0. The van der Waals surface area contributed by atoms with Crippen molar-refractivity contribution in [1.29, 1.82) is 0 Å². The molecule has 7 nitrogen and oxygen atoms in total. The normalized spacial score (nSPS) is 16.4. The summed E-state index contributed by atoms with van der Waals surface area (Å²) in [6, 6.07) is 27.7. The molecule has 232 valence electrons. The fourth-order valence-electron chi connectivity index (χ4n) is 6.19. The molecule has 2 aliphatic heterocycles. The number of likely N-dealkylation sites (tertiary alicyclic amines) is 1. The number of benzene rings is 3. The lowest BCUT2D eigenvalue weighted by Crippen LogP contribution is -2.45. The molecular weight excluding hydrogens is 582 g/mol. The SMILES string of the molecule is Cc1ccc(-c2cc(C(=O)NC3CCN(Cc4ccc(N5CCC(NC(=O)c6ccccc6)CC5)nc4)CC3)ccc2Cl)cc1. The van der Waals surface area contributed by atoms with E-state index >= 15 is 0 Å². The molecule has 0 spiro atoms. The third-order valence-corrected chi connectivity index (χ3v) is 9.25. The van der Waals surface area contributed by atoms with Crippen molar-refractivity contribution in [3.63, 3.8) is 0 Å². The van der Waals surface area contributed by atoms with Crippen LogP contribution >= 0.6 is 11.6 Å². The zero-order valence-electron chi connectivity index (χ0n) is 25.7. The van der Waals surface area contributed by atoms with Crippen LogP contribution in [-0.2, 0) is 6.54 Å². The highest BCUT2D eigenvalue weighted by atomic mass is 35.5. The summed E-state index contributed by atoms with van der Waals surface area (Å²) in [5, 5.41) is 7.06. The molecule has 45 heavy (non-hydrogen) atoms. The molecule has 0 aliphatic carbocycles. The van der Waals surface area contributed by atoms with Crippen LogP contribution in [0.4, 0.5) is 5.82 Å². The fourth-order valence-corrected chi connectivity index (χ4v) is 6.42. The maximum absolute atomic E-state index is 13.1. The number of nitrogens with one attached hydrogen (secondary N) is 2. The Labute approximate surface area is 270 Å². The van der Waals surface area contributed by atoms with Crippen LogP contribution in [0.3, 0.4) is 0 Å². The zero-order chi connectivity index (χ0) is 31.2. The van der Waals surface area contributed by atoms with Crippen LogP contribution in [0.5, 0.6) is 0 Å². The number of amides is 2. The fraction of sp³-hybridized carbons (Fsp3) is 0.324. The number of carbonyl (C=O) groups is 2. The van der Waals surface area contributed by atoms with E-state index in [9.17, 15) is 9.59 Å². The summed E-state index contributed by atoms with van der Waals surface area (Å²) >= 11 is 6.48. The van der Waals surface area contributed by atoms with Gasteiger partial charge in [-0.1, -0.05) is 65.7 Å². The van der Waals surface area contributed by atoms with E-state index in [0.29, 0.717) is 16.1 Å². The molecule has 3 heterocycles. The standard InChI is InChI=1S/C37H40ClN5O2/c1-26-7-10-28(11-8-26)33-23-30(12-13-34(33)38)37(45)41-31-15-19-42(20-16-31)25-27-9-14-35(39-24-27)43-21-17-32(18-22-43)40-36(44)29-5-3-2-4-6-29/h2-14,23-24,31-32H,15-22,25H2,1H3,(H,40,44)(H,41,45). The summed E-state index contributed by atoms with van der Waals surface area (Å²) in [5.74, 6) is 0.929. The van der Waals surface area contributed by atoms with E-state index in [0.717, 1.165) is 75.4 Å². The van der Waals surface area contributed by atoms with E-state index in [2.05, 4.69) is 51.6 Å². The Bertz CT molecular complexity index is 1590. The van der Waals surface area contributed by atoms with Crippen molar-refractivity contribution in [2.75, 3.05) is 31.1 Å². The third-order valence-electron chi connectivity index (χ3n) is 8.92. The van der Waals surface area contributed by atoms with Crippen molar-refractivity contribution in [2.24, 2.45) is 0 Å². The Kier molecular flexibility index (Phi) is 9.77. The smallest absolute Gasteiger partial charge is 0.251 e. The van der Waals surface area contributed by atoms with Crippen LogP contribution in [0.1, 0.15) is 57.5 Å². The van der Waals surface area contributed by atoms with Crippen molar-refractivity contribution in [3.05, 3.63) is 118 Å². The molecule has 0 atom stereocenters. The first-order chi connectivity index (χ1) is 21.9. The Hall–Kier alpha value is -4.20. The lowest BCUT2D eigenvalue weighted by Gasteiger charge is -2.34. The van der Waals surface area contributed by atoms with E-state index in [1.54, 1.807) is 6.07 Å². The van der Waals surface area contributed by atoms with Gasteiger partial charge in [0.15, 0.2) is 0 Å². The molecular formula is C37H40ClN5O2. The van der Waals surface area contributed by atoms with Crippen molar-refractivity contribution in [3.8, 4) is 11.1 Å². The van der Waals surface area contributed by atoms with Gasteiger partial charge in [-0.3, -0.25) is 14.5 Å². The topological polar surface area (TPSA) is 77.6 Å². The Morgan fingerprint density at radius 2 is 1.42 bits per heavy atom. The highest BCUT2D eigenvalue weighted by Crippen LogP contribution is 2.29. The molecule has 0 radical (unpaired) electrons.